The summed E-state index contributed by atoms with van der Waals surface area (Å²) in [4.78, 5) is 0. The first-order chi connectivity index (χ1) is 2.81. The van der Waals surface area contributed by atoms with Crippen molar-refractivity contribution in [1.29, 1.82) is 0 Å². The summed E-state index contributed by atoms with van der Waals surface area (Å²) in [7, 11) is 0. The van der Waals surface area contributed by atoms with Crippen molar-refractivity contribution in [2.45, 2.75) is 6.92 Å². The quantitative estimate of drug-likeness (QED) is 0.492. The van der Waals surface area contributed by atoms with Crippen molar-refractivity contribution in [1.82, 2.24) is 0 Å². The first kappa shape index (κ1) is 6.31. The zero-order valence-electron chi connectivity index (χ0n) is 4.02. The Labute approximate surface area is 44.3 Å². The molecule has 38 valence electrons. The van der Waals surface area contributed by atoms with Gasteiger partial charge in [-0.15, -0.1) is 0 Å². The molecule has 0 saturated carbocycles. The number of thiol groups is 1. The number of hydrogen-bond acceptors (Lipinski definition) is 2. The van der Waals surface area contributed by atoms with Crippen LogP contribution >= 0.6 is 12.6 Å². The molecule has 0 radical (unpaired) electrons. The van der Waals surface area contributed by atoms with E-state index in [2.05, 4.69) is 19.6 Å². The van der Waals surface area contributed by atoms with Gasteiger partial charge in [-0.2, -0.15) is 12.6 Å². The first-order valence-electron chi connectivity index (χ1n) is 2.12. The van der Waals surface area contributed by atoms with Crippen molar-refractivity contribution in [2.75, 3.05) is 12.3 Å². The van der Waals surface area contributed by atoms with E-state index in [-0.39, 0.29) is 0 Å². The average molecular weight is 105 g/mol. The molecule has 0 aromatic rings. The predicted octanol–water partition coefficient (Wildman–Crippen LogP) is 0.511. The highest BCUT2D eigenvalue weighted by Gasteiger charge is 1.89. The van der Waals surface area contributed by atoms with Crippen LogP contribution in [0.3, 0.4) is 0 Å². The minimum atomic E-state index is 0.577. The van der Waals surface area contributed by atoms with E-state index >= 15 is 0 Å². The Morgan fingerprint density at radius 3 is 2.33 bits per heavy atom. The molecule has 0 aliphatic heterocycles. The fourth-order valence-electron chi connectivity index (χ4n) is 0.0745. The number of nitrogens with two attached hydrogens (primary N) is 1. The highest BCUT2D eigenvalue weighted by molar-refractivity contribution is 7.80. The molecule has 0 heterocycles. The Morgan fingerprint density at radius 1 is 1.83 bits per heavy atom. The molecule has 1 nitrogen and oxygen atoms in total. The van der Waals surface area contributed by atoms with Gasteiger partial charge >= 0.3 is 0 Å². The van der Waals surface area contributed by atoms with E-state index in [9.17, 15) is 0 Å². The van der Waals surface area contributed by atoms with Gasteiger partial charge in [-0.25, -0.2) is 0 Å². The SMILES string of the molecule is C[C@H](CN)CS. The molecule has 0 spiro atoms. The smallest absolute Gasteiger partial charge is 0.00437 e. The fraction of sp³-hybridized carbons (Fsp3) is 1.00. The molecule has 0 aromatic carbocycles. The van der Waals surface area contributed by atoms with Gasteiger partial charge in [0.2, 0.25) is 0 Å². The summed E-state index contributed by atoms with van der Waals surface area (Å²) in [6.07, 6.45) is 0. The van der Waals surface area contributed by atoms with Crippen molar-refractivity contribution >= 4 is 12.6 Å². The van der Waals surface area contributed by atoms with Crippen molar-refractivity contribution in [3.8, 4) is 0 Å². The fourth-order valence-corrected chi connectivity index (χ4v) is 0.224. The Balaban J connectivity index is 2.75. The van der Waals surface area contributed by atoms with Gasteiger partial charge in [-0.3, -0.25) is 0 Å². The zero-order valence-corrected chi connectivity index (χ0v) is 4.91. The zero-order chi connectivity index (χ0) is 4.99. The van der Waals surface area contributed by atoms with Gasteiger partial charge in [0.1, 0.15) is 0 Å². The lowest BCUT2D eigenvalue weighted by Gasteiger charge is -1.98. The van der Waals surface area contributed by atoms with Crippen molar-refractivity contribution in [3.63, 3.8) is 0 Å². The lowest BCUT2D eigenvalue weighted by molar-refractivity contribution is 0.677. The summed E-state index contributed by atoms with van der Waals surface area (Å²) < 4.78 is 0. The van der Waals surface area contributed by atoms with Gasteiger partial charge in [-0.1, -0.05) is 6.92 Å². The van der Waals surface area contributed by atoms with E-state index in [4.69, 9.17) is 5.73 Å². The molecule has 2 N–H and O–H groups in total. The second-order valence-corrected chi connectivity index (χ2v) is 1.89. The second kappa shape index (κ2) is 3.50. The van der Waals surface area contributed by atoms with Crippen molar-refractivity contribution in [3.05, 3.63) is 0 Å². The van der Waals surface area contributed by atoms with Crippen LogP contribution < -0.4 is 5.73 Å². The van der Waals surface area contributed by atoms with Crippen LogP contribution in [0, 0.1) is 5.92 Å². The van der Waals surface area contributed by atoms with E-state index in [1.54, 1.807) is 0 Å². The molecule has 0 rings (SSSR count). The molecular weight excluding hydrogens is 94.1 g/mol. The normalized spacial score (nSPS) is 14.5. The Kier molecular flexibility index (Phi) is 3.68. The maximum absolute atomic E-state index is 5.23. The van der Waals surface area contributed by atoms with Gasteiger partial charge in [0.05, 0.1) is 0 Å². The molecular formula is C4H11NS. The summed E-state index contributed by atoms with van der Waals surface area (Å²) in [5, 5.41) is 0. The maximum Gasteiger partial charge on any atom is -0.00437 e. The molecule has 0 fully saturated rings. The molecule has 0 aliphatic carbocycles. The largest absolute Gasteiger partial charge is 0.330 e. The summed E-state index contributed by atoms with van der Waals surface area (Å²) >= 11 is 4.02. The second-order valence-electron chi connectivity index (χ2n) is 1.52. The molecule has 6 heavy (non-hydrogen) atoms. The Morgan fingerprint density at radius 2 is 2.33 bits per heavy atom. The highest BCUT2D eigenvalue weighted by atomic mass is 32.1. The molecule has 0 amide bonds. The molecule has 0 aromatic heterocycles. The standard InChI is InChI=1S/C4H11NS/c1-4(2-5)3-6/h4,6H,2-3,5H2,1H3/t4-/m1/s1. The van der Waals surface area contributed by atoms with Crippen LogP contribution in [0.2, 0.25) is 0 Å². The van der Waals surface area contributed by atoms with Crippen LogP contribution in [0.1, 0.15) is 6.92 Å². The Bertz CT molecular complexity index is 26.7. The lowest BCUT2D eigenvalue weighted by Crippen LogP contribution is -2.11. The minimum absolute atomic E-state index is 0.577. The van der Waals surface area contributed by atoms with Crippen LogP contribution in [0.4, 0.5) is 0 Å². The number of hydrogen-bond donors (Lipinski definition) is 2. The Hall–Kier alpha value is 0.310. The third-order valence-electron chi connectivity index (χ3n) is 0.714. The monoisotopic (exact) mass is 105 g/mol. The van der Waals surface area contributed by atoms with E-state index in [1.165, 1.54) is 0 Å². The number of rotatable bonds is 2. The summed E-state index contributed by atoms with van der Waals surface area (Å²) in [6.45, 7) is 2.83. The molecule has 1 atom stereocenters. The van der Waals surface area contributed by atoms with Crippen LogP contribution in [0.15, 0.2) is 0 Å². The van der Waals surface area contributed by atoms with Gasteiger partial charge in [-0.05, 0) is 18.2 Å². The molecule has 0 aliphatic rings. The van der Waals surface area contributed by atoms with Gasteiger partial charge in [0.25, 0.3) is 0 Å². The highest BCUT2D eigenvalue weighted by Crippen LogP contribution is 1.90. The molecule has 0 bridgehead atoms. The van der Waals surface area contributed by atoms with Crippen molar-refractivity contribution < 1.29 is 0 Å². The van der Waals surface area contributed by atoms with E-state index in [0.717, 1.165) is 12.3 Å². The van der Waals surface area contributed by atoms with Gasteiger partial charge < -0.3 is 5.73 Å². The average Bonchev–Trinajstić information content (AvgIpc) is 1.65. The minimum Gasteiger partial charge on any atom is -0.330 e. The van der Waals surface area contributed by atoms with E-state index in [1.807, 2.05) is 0 Å². The van der Waals surface area contributed by atoms with Crippen LogP contribution in [-0.2, 0) is 0 Å². The third-order valence-corrected chi connectivity index (χ3v) is 1.34. The van der Waals surface area contributed by atoms with Crippen molar-refractivity contribution in [2.24, 2.45) is 11.7 Å². The predicted molar refractivity (Wildman–Crippen MR) is 32.1 cm³/mol. The van der Waals surface area contributed by atoms with E-state index < -0.39 is 0 Å². The lowest BCUT2D eigenvalue weighted by atomic mass is 10.2. The molecule has 2 heteroatoms. The van der Waals surface area contributed by atoms with Crippen LogP contribution in [0.5, 0.6) is 0 Å². The summed E-state index contributed by atoms with van der Waals surface area (Å²) in [6, 6.07) is 0. The maximum atomic E-state index is 5.23. The summed E-state index contributed by atoms with van der Waals surface area (Å²) in [5.41, 5.74) is 5.23. The van der Waals surface area contributed by atoms with Crippen LogP contribution in [0.25, 0.3) is 0 Å². The summed E-state index contributed by atoms with van der Waals surface area (Å²) in [5.74, 6) is 1.48. The van der Waals surface area contributed by atoms with Gasteiger partial charge in [0.15, 0.2) is 0 Å². The van der Waals surface area contributed by atoms with Gasteiger partial charge in [0, 0.05) is 0 Å². The topological polar surface area (TPSA) is 26.0 Å². The van der Waals surface area contributed by atoms with Crippen LogP contribution in [-0.4, -0.2) is 12.3 Å². The third kappa shape index (κ3) is 2.54. The molecule has 0 unspecified atom stereocenters. The first-order valence-corrected chi connectivity index (χ1v) is 2.75. The van der Waals surface area contributed by atoms with E-state index in [0.29, 0.717) is 5.92 Å². The molecule has 0 saturated heterocycles.